The van der Waals surface area contributed by atoms with E-state index in [1.807, 2.05) is 41.3 Å². The molecule has 0 N–H and O–H groups in total. The van der Waals surface area contributed by atoms with Gasteiger partial charge >= 0.3 is 0 Å². The first-order chi connectivity index (χ1) is 13.3. The second-order valence-corrected chi connectivity index (χ2v) is 7.57. The molecule has 1 amide bonds. The first kappa shape index (κ1) is 17.6. The summed E-state index contributed by atoms with van der Waals surface area (Å²) in [5.74, 6) is 0.937. The number of nitrogens with zero attached hydrogens (tertiary/aromatic N) is 1. The number of rotatable bonds is 7. The third kappa shape index (κ3) is 4.29. The van der Waals surface area contributed by atoms with Crippen molar-refractivity contribution in [3.8, 4) is 0 Å². The fourth-order valence-corrected chi connectivity index (χ4v) is 4.00. The molecule has 27 heavy (non-hydrogen) atoms. The number of amides is 1. The molecule has 2 aromatic heterocycles. The molecule has 0 aliphatic carbocycles. The van der Waals surface area contributed by atoms with Gasteiger partial charge in [0.25, 0.3) is 0 Å². The largest absolute Gasteiger partial charge is 0.467 e. The van der Waals surface area contributed by atoms with Crippen LogP contribution < -0.4 is 0 Å². The van der Waals surface area contributed by atoms with Gasteiger partial charge in [0.15, 0.2) is 0 Å². The van der Waals surface area contributed by atoms with Crippen LogP contribution in [0.4, 0.5) is 0 Å². The van der Waals surface area contributed by atoms with Gasteiger partial charge in [0.2, 0.25) is 5.91 Å². The van der Waals surface area contributed by atoms with E-state index in [2.05, 4.69) is 35.7 Å². The van der Waals surface area contributed by atoms with Crippen LogP contribution in [0.2, 0.25) is 0 Å². The predicted molar refractivity (Wildman–Crippen MR) is 110 cm³/mol. The Morgan fingerprint density at radius 1 is 0.963 bits per heavy atom. The normalized spacial score (nSPS) is 11.0. The van der Waals surface area contributed by atoms with Crippen molar-refractivity contribution in [1.29, 1.82) is 0 Å². The van der Waals surface area contributed by atoms with Crippen LogP contribution >= 0.6 is 11.3 Å². The first-order valence-electron chi connectivity index (χ1n) is 9.09. The van der Waals surface area contributed by atoms with Crippen molar-refractivity contribution in [2.75, 3.05) is 6.54 Å². The van der Waals surface area contributed by atoms with Crippen molar-refractivity contribution in [2.24, 2.45) is 0 Å². The summed E-state index contributed by atoms with van der Waals surface area (Å²) in [4.78, 5) is 16.3. The minimum absolute atomic E-state index is 0.124. The summed E-state index contributed by atoms with van der Waals surface area (Å²) in [6.45, 7) is 1.19. The third-order valence-electron chi connectivity index (χ3n) is 4.71. The molecule has 0 spiro atoms. The Labute approximate surface area is 162 Å². The van der Waals surface area contributed by atoms with Crippen molar-refractivity contribution in [3.63, 3.8) is 0 Å². The maximum absolute atomic E-state index is 13.1. The zero-order chi connectivity index (χ0) is 18.5. The number of fused-ring (bicyclic) bond motifs is 1. The van der Waals surface area contributed by atoms with Gasteiger partial charge in [-0.15, -0.1) is 11.3 Å². The van der Waals surface area contributed by atoms with Crippen molar-refractivity contribution >= 4 is 28.0 Å². The molecule has 3 nitrogen and oxygen atoms in total. The maximum atomic E-state index is 13.1. The van der Waals surface area contributed by atoms with E-state index in [-0.39, 0.29) is 5.91 Å². The Kier molecular flexibility index (Phi) is 5.35. The minimum Gasteiger partial charge on any atom is -0.467 e. The van der Waals surface area contributed by atoms with Gasteiger partial charge in [0.05, 0.1) is 19.2 Å². The number of hydrogen-bond acceptors (Lipinski definition) is 3. The van der Waals surface area contributed by atoms with E-state index in [4.69, 9.17) is 4.42 Å². The topological polar surface area (TPSA) is 33.5 Å². The molecule has 0 aliphatic rings. The van der Waals surface area contributed by atoms with Gasteiger partial charge < -0.3 is 9.32 Å². The summed E-state index contributed by atoms with van der Waals surface area (Å²) < 4.78 is 5.48. The van der Waals surface area contributed by atoms with Crippen LogP contribution in [0.25, 0.3) is 10.8 Å². The standard InChI is InChI=1S/C23H21NO2S/c25-23(16-19-8-3-7-18-6-1-2-11-22(18)19)24(17-20-9-4-14-26-20)13-12-21-10-5-15-27-21/h1-11,14-15H,12-13,16-17H2. The molecule has 136 valence electrons. The number of thiophene rings is 1. The summed E-state index contributed by atoms with van der Waals surface area (Å²) in [5.41, 5.74) is 1.07. The molecule has 0 saturated carbocycles. The van der Waals surface area contributed by atoms with E-state index >= 15 is 0 Å². The average molecular weight is 375 g/mol. The Morgan fingerprint density at radius 3 is 2.67 bits per heavy atom. The number of benzene rings is 2. The third-order valence-corrected chi connectivity index (χ3v) is 5.65. The average Bonchev–Trinajstić information content (AvgIpc) is 3.39. The molecule has 0 aliphatic heterocycles. The highest BCUT2D eigenvalue weighted by molar-refractivity contribution is 7.09. The SMILES string of the molecule is O=C(Cc1cccc2ccccc12)N(CCc1cccs1)Cc1ccco1. The molecule has 0 bridgehead atoms. The zero-order valence-electron chi connectivity index (χ0n) is 15.0. The van der Waals surface area contributed by atoms with E-state index in [1.54, 1.807) is 17.6 Å². The van der Waals surface area contributed by atoms with E-state index in [1.165, 1.54) is 10.3 Å². The van der Waals surface area contributed by atoms with Gasteiger partial charge in [-0.25, -0.2) is 0 Å². The van der Waals surface area contributed by atoms with Gasteiger partial charge in [-0.1, -0.05) is 48.5 Å². The molecule has 2 heterocycles. The highest BCUT2D eigenvalue weighted by Gasteiger charge is 2.17. The van der Waals surface area contributed by atoms with Crippen LogP contribution in [0.5, 0.6) is 0 Å². The van der Waals surface area contributed by atoms with Gasteiger partial charge in [-0.05, 0) is 46.3 Å². The molecule has 0 saturated heterocycles. The number of carbonyl (C=O) groups excluding carboxylic acids is 1. The monoisotopic (exact) mass is 375 g/mol. The van der Waals surface area contributed by atoms with E-state index < -0.39 is 0 Å². The second kappa shape index (κ2) is 8.23. The molecule has 0 fully saturated rings. The molecular weight excluding hydrogens is 354 g/mol. The summed E-state index contributed by atoms with van der Waals surface area (Å²) >= 11 is 1.73. The lowest BCUT2D eigenvalue weighted by Gasteiger charge is -2.22. The molecule has 4 heteroatoms. The minimum atomic E-state index is 0.124. The van der Waals surface area contributed by atoms with E-state index in [9.17, 15) is 4.79 Å². The molecule has 2 aromatic carbocycles. The van der Waals surface area contributed by atoms with Crippen molar-refractivity contribution in [3.05, 3.63) is 94.6 Å². The number of furan rings is 1. The summed E-state index contributed by atoms with van der Waals surface area (Å²) in [5, 5.41) is 4.38. The van der Waals surface area contributed by atoms with E-state index in [0.29, 0.717) is 19.5 Å². The van der Waals surface area contributed by atoms with E-state index in [0.717, 1.165) is 23.1 Å². The highest BCUT2D eigenvalue weighted by Crippen LogP contribution is 2.20. The number of carbonyl (C=O) groups is 1. The summed E-state index contributed by atoms with van der Waals surface area (Å²) in [6.07, 6.45) is 2.91. The Morgan fingerprint density at radius 2 is 1.85 bits per heavy atom. The van der Waals surface area contributed by atoms with Crippen molar-refractivity contribution < 1.29 is 9.21 Å². The molecule has 0 radical (unpaired) electrons. The van der Waals surface area contributed by atoms with Crippen LogP contribution in [0, 0.1) is 0 Å². The van der Waals surface area contributed by atoms with Crippen LogP contribution in [0.3, 0.4) is 0 Å². The van der Waals surface area contributed by atoms with Crippen LogP contribution in [0.1, 0.15) is 16.2 Å². The summed E-state index contributed by atoms with van der Waals surface area (Å²) in [6, 6.07) is 22.3. The number of hydrogen-bond donors (Lipinski definition) is 0. The van der Waals surface area contributed by atoms with Crippen LogP contribution in [0.15, 0.2) is 82.8 Å². The second-order valence-electron chi connectivity index (χ2n) is 6.54. The van der Waals surface area contributed by atoms with Gasteiger partial charge in [0.1, 0.15) is 5.76 Å². The van der Waals surface area contributed by atoms with Crippen LogP contribution in [-0.2, 0) is 24.2 Å². The molecule has 4 rings (SSSR count). The molecule has 4 aromatic rings. The zero-order valence-corrected chi connectivity index (χ0v) is 15.8. The van der Waals surface area contributed by atoms with Gasteiger partial charge in [-0.3, -0.25) is 4.79 Å². The van der Waals surface area contributed by atoms with Crippen molar-refractivity contribution in [1.82, 2.24) is 4.90 Å². The fourth-order valence-electron chi connectivity index (χ4n) is 3.30. The Hall–Kier alpha value is -2.85. The smallest absolute Gasteiger partial charge is 0.227 e. The summed E-state index contributed by atoms with van der Waals surface area (Å²) in [7, 11) is 0. The first-order valence-corrected chi connectivity index (χ1v) is 9.97. The maximum Gasteiger partial charge on any atom is 0.227 e. The predicted octanol–water partition coefficient (Wildman–Crippen LogP) is 5.31. The van der Waals surface area contributed by atoms with Crippen LogP contribution in [-0.4, -0.2) is 17.4 Å². The molecule has 0 atom stereocenters. The quantitative estimate of drug-likeness (QED) is 0.439. The fraction of sp³-hybridized carbons (Fsp3) is 0.174. The Bertz CT molecular complexity index is 1000. The van der Waals surface area contributed by atoms with Gasteiger partial charge in [0, 0.05) is 11.4 Å². The van der Waals surface area contributed by atoms with Crippen molar-refractivity contribution in [2.45, 2.75) is 19.4 Å². The highest BCUT2D eigenvalue weighted by atomic mass is 32.1. The molecule has 0 unspecified atom stereocenters. The lowest BCUT2D eigenvalue weighted by molar-refractivity contribution is -0.131. The van der Waals surface area contributed by atoms with Gasteiger partial charge in [-0.2, -0.15) is 0 Å². The molecular formula is C23H21NO2S. The lowest BCUT2D eigenvalue weighted by Crippen LogP contribution is -2.33. The Balaban J connectivity index is 1.53. The lowest BCUT2D eigenvalue weighted by atomic mass is 10.0.